The predicted octanol–water partition coefficient (Wildman–Crippen LogP) is 1.61. The first kappa shape index (κ1) is 8.99. The molecule has 0 aliphatic rings. The van der Waals surface area contributed by atoms with Gasteiger partial charge in [-0.15, -0.1) is 0 Å². The van der Waals surface area contributed by atoms with Gasteiger partial charge in [0.25, 0.3) is 0 Å². The predicted molar refractivity (Wildman–Crippen MR) is 55.5 cm³/mol. The standard InChI is InChI=1S/C10H13N3O/c1-6(2)13-8-4-5-9(14)11-10(8)7(3)12-13/h4-6H,1-3H3,(H,11,14). The molecule has 0 radical (unpaired) electrons. The van der Waals surface area contributed by atoms with Gasteiger partial charge in [-0.1, -0.05) is 0 Å². The average Bonchev–Trinajstić information content (AvgIpc) is 2.44. The summed E-state index contributed by atoms with van der Waals surface area (Å²) >= 11 is 0. The molecule has 4 nitrogen and oxygen atoms in total. The summed E-state index contributed by atoms with van der Waals surface area (Å²) in [5.41, 5.74) is 2.61. The van der Waals surface area contributed by atoms with Gasteiger partial charge in [-0.2, -0.15) is 5.10 Å². The van der Waals surface area contributed by atoms with E-state index in [2.05, 4.69) is 23.9 Å². The first-order valence-corrected chi connectivity index (χ1v) is 4.67. The van der Waals surface area contributed by atoms with Crippen molar-refractivity contribution in [3.63, 3.8) is 0 Å². The summed E-state index contributed by atoms with van der Waals surface area (Å²) in [6, 6.07) is 3.65. The molecule has 0 unspecified atom stereocenters. The second-order valence-corrected chi connectivity index (χ2v) is 3.71. The molecule has 0 saturated heterocycles. The van der Waals surface area contributed by atoms with E-state index < -0.39 is 0 Å². The Morgan fingerprint density at radius 2 is 2.14 bits per heavy atom. The third-order valence-corrected chi connectivity index (χ3v) is 2.25. The monoisotopic (exact) mass is 191 g/mol. The SMILES string of the molecule is Cc1nn(C(C)C)c2ccc(=O)[nH]c12. The molecular weight excluding hydrogens is 178 g/mol. The zero-order chi connectivity index (χ0) is 10.3. The fourth-order valence-electron chi connectivity index (χ4n) is 1.59. The lowest BCUT2D eigenvalue weighted by atomic mass is 10.3. The van der Waals surface area contributed by atoms with Crippen LogP contribution in [0, 0.1) is 6.92 Å². The fourth-order valence-corrected chi connectivity index (χ4v) is 1.59. The van der Waals surface area contributed by atoms with Crippen LogP contribution in [-0.4, -0.2) is 14.8 Å². The summed E-state index contributed by atoms with van der Waals surface area (Å²) in [7, 11) is 0. The quantitative estimate of drug-likeness (QED) is 0.744. The molecule has 0 saturated carbocycles. The number of fused-ring (bicyclic) bond motifs is 1. The van der Waals surface area contributed by atoms with Crippen molar-refractivity contribution in [1.82, 2.24) is 14.8 Å². The van der Waals surface area contributed by atoms with Crippen molar-refractivity contribution in [2.75, 3.05) is 0 Å². The molecule has 0 amide bonds. The molecule has 2 heterocycles. The van der Waals surface area contributed by atoms with Gasteiger partial charge in [0.1, 0.15) is 0 Å². The third kappa shape index (κ3) is 1.23. The number of rotatable bonds is 1. The lowest BCUT2D eigenvalue weighted by Gasteiger charge is -2.05. The van der Waals surface area contributed by atoms with Crippen molar-refractivity contribution in [2.24, 2.45) is 0 Å². The molecule has 4 heteroatoms. The number of aryl methyl sites for hydroxylation is 1. The minimum atomic E-state index is -0.0797. The van der Waals surface area contributed by atoms with E-state index in [0.717, 1.165) is 16.7 Å². The average molecular weight is 191 g/mol. The number of aromatic nitrogens is 3. The summed E-state index contributed by atoms with van der Waals surface area (Å²) in [6.45, 7) is 6.03. The molecule has 2 aromatic rings. The van der Waals surface area contributed by atoms with Gasteiger partial charge in [-0.25, -0.2) is 0 Å². The van der Waals surface area contributed by atoms with Gasteiger partial charge < -0.3 is 4.98 Å². The van der Waals surface area contributed by atoms with Gasteiger partial charge in [-0.3, -0.25) is 9.48 Å². The highest BCUT2D eigenvalue weighted by molar-refractivity contribution is 5.77. The Morgan fingerprint density at radius 1 is 1.43 bits per heavy atom. The molecule has 0 fully saturated rings. The number of H-pyrrole nitrogens is 1. The lowest BCUT2D eigenvalue weighted by molar-refractivity contribution is 0.547. The van der Waals surface area contributed by atoms with Crippen LogP contribution < -0.4 is 5.56 Å². The molecule has 2 aromatic heterocycles. The van der Waals surface area contributed by atoms with Crippen LogP contribution in [0.1, 0.15) is 25.6 Å². The topological polar surface area (TPSA) is 50.7 Å². The van der Waals surface area contributed by atoms with Gasteiger partial charge in [0, 0.05) is 12.1 Å². The summed E-state index contributed by atoms with van der Waals surface area (Å²) in [4.78, 5) is 13.9. The highest BCUT2D eigenvalue weighted by atomic mass is 16.1. The van der Waals surface area contributed by atoms with Crippen LogP contribution in [0.3, 0.4) is 0 Å². The van der Waals surface area contributed by atoms with Crippen LogP contribution in [0.5, 0.6) is 0 Å². The minimum Gasteiger partial charge on any atom is -0.319 e. The highest BCUT2D eigenvalue weighted by Crippen LogP contribution is 2.17. The smallest absolute Gasteiger partial charge is 0.248 e. The van der Waals surface area contributed by atoms with Crippen molar-refractivity contribution in [3.8, 4) is 0 Å². The Hall–Kier alpha value is -1.58. The van der Waals surface area contributed by atoms with Crippen molar-refractivity contribution in [1.29, 1.82) is 0 Å². The Balaban J connectivity index is 2.84. The molecule has 0 bridgehead atoms. The summed E-state index contributed by atoms with van der Waals surface area (Å²) < 4.78 is 1.92. The Labute approximate surface area is 81.6 Å². The van der Waals surface area contributed by atoms with Gasteiger partial charge in [0.05, 0.1) is 16.7 Å². The lowest BCUT2D eigenvalue weighted by Crippen LogP contribution is -2.05. The molecule has 0 aromatic carbocycles. The van der Waals surface area contributed by atoms with Crippen molar-refractivity contribution >= 4 is 11.0 Å². The van der Waals surface area contributed by atoms with Crippen LogP contribution in [0.4, 0.5) is 0 Å². The molecule has 0 spiro atoms. The van der Waals surface area contributed by atoms with Gasteiger partial charge in [0.15, 0.2) is 0 Å². The summed E-state index contributed by atoms with van der Waals surface area (Å²) in [5.74, 6) is 0. The normalized spacial score (nSPS) is 11.4. The number of nitrogens with one attached hydrogen (secondary N) is 1. The van der Waals surface area contributed by atoms with E-state index in [-0.39, 0.29) is 5.56 Å². The number of hydrogen-bond acceptors (Lipinski definition) is 2. The van der Waals surface area contributed by atoms with Crippen molar-refractivity contribution in [2.45, 2.75) is 26.8 Å². The van der Waals surface area contributed by atoms with Crippen LogP contribution in [0.15, 0.2) is 16.9 Å². The van der Waals surface area contributed by atoms with Crippen LogP contribution in [0.2, 0.25) is 0 Å². The maximum atomic E-state index is 11.1. The molecule has 0 aliphatic heterocycles. The first-order valence-electron chi connectivity index (χ1n) is 4.67. The fraction of sp³-hybridized carbons (Fsp3) is 0.400. The van der Waals surface area contributed by atoms with E-state index in [0.29, 0.717) is 6.04 Å². The molecular formula is C10H13N3O. The molecule has 74 valence electrons. The first-order chi connectivity index (χ1) is 6.59. The molecule has 14 heavy (non-hydrogen) atoms. The number of pyridine rings is 1. The van der Waals surface area contributed by atoms with Crippen LogP contribution in [-0.2, 0) is 0 Å². The Bertz CT molecular complexity index is 522. The van der Waals surface area contributed by atoms with Crippen LogP contribution in [0.25, 0.3) is 11.0 Å². The number of hydrogen-bond donors (Lipinski definition) is 1. The van der Waals surface area contributed by atoms with E-state index in [4.69, 9.17) is 0 Å². The van der Waals surface area contributed by atoms with Crippen LogP contribution >= 0.6 is 0 Å². The maximum absolute atomic E-state index is 11.1. The highest BCUT2D eigenvalue weighted by Gasteiger charge is 2.09. The largest absolute Gasteiger partial charge is 0.319 e. The molecule has 0 atom stereocenters. The Kier molecular flexibility index (Phi) is 1.91. The molecule has 1 N–H and O–H groups in total. The number of aromatic amines is 1. The van der Waals surface area contributed by atoms with Gasteiger partial charge in [-0.05, 0) is 26.8 Å². The maximum Gasteiger partial charge on any atom is 0.248 e. The third-order valence-electron chi connectivity index (χ3n) is 2.25. The minimum absolute atomic E-state index is 0.0797. The summed E-state index contributed by atoms with van der Waals surface area (Å²) in [5, 5.41) is 4.38. The van der Waals surface area contributed by atoms with Crippen molar-refractivity contribution < 1.29 is 0 Å². The van der Waals surface area contributed by atoms with Crippen molar-refractivity contribution in [3.05, 3.63) is 28.2 Å². The second-order valence-electron chi connectivity index (χ2n) is 3.71. The van der Waals surface area contributed by atoms with E-state index in [1.165, 1.54) is 6.07 Å². The number of nitrogens with zero attached hydrogens (tertiary/aromatic N) is 2. The molecule has 0 aliphatic carbocycles. The second kappa shape index (κ2) is 2.97. The molecule has 2 rings (SSSR count). The van der Waals surface area contributed by atoms with Gasteiger partial charge in [0.2, 0.25) is 5.56 Å². The summed E-state index contributed by atoms with van der Waals surface area (Å²) in [6.07, 6.45) is 0. The van der Waals surface area contributed by atoms with E-state index >= 15 is 0 Å². The zero-order valence-electron chi connectivity index (χ0n) is 8.53. The van der Waals surface area contributed by atoms with E-state index in [1.807, 2.05) is 17.7 Å². The van der Waals surface area contributed by atoms with E-state index in [1.54, 1.807) is 0 Å². The zero-order valence-corrected chi connectivity index (χ0v) is 8.53. The Morgan fingerprint density at radius 3 is 2.79 bits per heavy atom. The van der Waals surface area contributed by atoms with Gasteiger partial charge >= 0.3 is 0 Å². The van der Waals surface area contributed by atoms with E-state index in [9.17, 15) is 4.79 Å².